The Bertz CT molecular complexity index is 666. The van der Waals surface area contributed by atoms with E-state index in [9.17, 15) is 21.9 Å². The molecule has 1 atom stereocenters. The van der Waals surface area contributed by atoms with Gasteiger partial charge in [-0.15, -0.1) is 0 Å². The molecule has 1 aliphatic rings. The molecule has 0 amide bonds. The van der Waals surface area contributed by atoms with Gasteiger partial charge in [-0.1, -0.05) is 0 Å². The van der Waals surface area contributed by atoms with Gasteiger partial charge >= 0.3 is 0 Å². The fraction of sp³-hybridized carbons (Fsp3) is 0.400. The molecule has 0 saturated carbocycles. The zero-order valence-corrected chi connectivity index (χ0v) is 11.6. The predicted octanol–water partition coefficient (Wildman–Crippen LogP) is -0.765. The topological polar surface area (TPSA) is 118 Å². The van der Waals surface area contributed by atoms with Crippen molar-refractivity contribution in [1.29, 1.82) is 0 Å². The van der Waals surface area contributed by atoms with E-state index in [2.05, 4.69) is 0 Å². The van der Waals surface area contributed by atoms with Crippen LogP contribution in [-0.4, -0.2) is 40.3 Å². The number of benzene rings is 1. The van der Waals surface area contributed by atoms with Crippen LogP contribution in [0.5, 0.6) is 0 Å². The van der Waals surface area contributed by atoms with Crippen molar-refractivity contribution in [3.05, 3.63) is 24.3 Å². The van der Waals surface area contributed by atoms with Crippen LogP contribution in [0.15, 0.2) is 29.2 Å². The van der Waals surface area contributed by atoms with Crippen molar-refractivity contribution in [2.24, 2.45) is 5.14 Å². The highest BCUT2D eigenvalue weighted by Crippen LogP contribution is 2.24. The Kier molecular flexibility index (Phi) is 3.56. The molecule has 1 fully saturated rings. The van der Waals surface area contributed by atoms with Crippen molar-refractivity contribution >= 4 is 25.7 Å². The van der Waals surface area contributed by atoms with Gasteiger partial charge in [0.25, 0.3) is 0 Å². The molecular formula is C10H14N2O5S2. The Morgan fingerprint density at radius 1 is 1.26 bits per heavy atom. The maximum atomic E-state index is 11.9. The quantitative estimate of drug-likeness (QED) is 0.744. The molecular weight excluding hydrogens is 292 g/mol. The van der Waals surface area contributed by atoms with Crippen LogP contribution >= 0.6 is 0 Å². The molecule has 2 rings (SSSR count). The summed E-state index contributed by atoms with van der Waals surface area (Å²) in [5.74, 6) is -0.329. The van der Waals surface area contributed by atoms with E-state index in [0.717, 1.165) is 4.31 Å². The second-order valence-electron chi connectivity index (χ2n) is 4.33. The van der Waals surface area contributed by atoms with E-state index in [-0.39, 0.29) is 17.2 Å². The van der Waals surface area contributed by atoms with Gasteiger partial charge in [-0.2, -0.15) is 0 Å². The van der Waals surface area contributed by atoms with E-state index in [1.807, 2.05) is 0 Å². The van der Waals surface area contributed by atoms with Crippen molar-refractivity contribution in [3.8, 4) is 0 Å². The van der Waals surface area contributed by atoms with Gasteiger partial charge in [-0.25, -0.2) is 22.0 Å². The number of hydrogen-bond donors (Lipinski definition) is 2. The molecule has 0 aromatic heterocycles. The fourth-order valence-corrected chi connectivity index (χ4v) is 4.09. The third-order valence-electron chi connectivity index (χ3n) is 2.86. The van der Waals surface area contributed by atoms with Gasteiger partial charge in [0.15, 0.2) is 0 Å². The summed E-state index contributed by atoms with van der Waals surface area (Å²) in [6.07, 6.45) is -0.513. The first-order valence-electron chi connectivity index (χ1n) is 5.51. The Morgan fingerprint density at radius 3 is 2.32 bits per heavy atom. The van der Waals surface area contributed by atoms with E-state index in [1.54, 1.807) is 0 Å². The van der Waals surface area contributed by atoms with Gasteiger partial charge in [0.2, 0.25) is 20.0 Å². The second kappa shape index (κ2) is 4.75. The Labute approximate surface area is 111 Å². The number of primary sulfonamides is 1. The molecule has 9 heteroatoms. The molecule has 0 aliphatic carbocycles. The molecule has 7 nitrogen and oxygen atoms in total. The van der Waals surface area contributed by atoms with Gasteiger partial charge in [-0.05, 0) is 30.7 Å². The van der Waals surface area contributed by atoms with Crippen molar-refractivity contribution < 1.29 is 21.9 Å². The molecule has 1 saturated heterocycles. The van der Waals surface area contributed by atoms with Crippen LogP contribution in [0.2, 0.25) is 0 Å². The smallest absolute Gasteiger partial charge is 0.238 e. The summed E-state index contributed by atoms with van der Waals surface area (Å²) < 4.78 is 47.2. The van der Waals surface area contributed by atoms with E-state index < -0.39 is 26.2 Å². The molecule has 0 radical (unpaired) electrons. The van der Waals surface area contributed by atoms with E-state index in [1.165, 1.54) is 24.3 Å². The van der Waals surface area contributed by atoms with Crippen LogP contribution in [0.3, 0.4) is 0 Å². The zero-order valence-electron chi connectivity index (χ0n) is 9.93. The van der Waals surface area contributed by atoms with Gasteiger partial charge in [0.05, 0.1) is 22.4 Å². The lowest BCUT2D eigenvalue weighted by molar-refractivity contribution is 0.185. The van der Waals surface area contributed by atoms with Gasteiger partial charge in [0.1, 0.15) is 0 Å². The Morgan fingerprint density at radius 2 is 1.84 bits per heavy atom. The molecule has 19 heavy (non-hydrogen) atoms. The number of hydrogen-bond acceptors (Lipinski definition) is 5. The van der Waals surface area contributed by atoms with Crippen molar-refractivity contribution in [3.63, 3.8) is 0 Å². The average molecular weight is 306 g/mol. The van der Waals surface area contributed by atoms with Crippen LogP contribution in [0.25, 0.3) is 0 Å². The van der Waals surface area contributed by atoms with Crippen LogP contribution in [0, 0.1) is 0 Å². The Balaban J connectivity index is 2.33. The monoisotopic (exact) mass is 306 g/mol. The number of aliphatic hydroxyl groups excluding tert-OH is 1. The summed E-state index contributed by atoms with van der Waals surface area (Å²) in [7, 11) is -7.37. The predicted molar refractivity (Wildman–Crippen MR) is 69.6 cm³/mol. The molecule has 106 valence electrons. The van der Waals surface area contributed by atoms with Crippen LogP contribution in [0.1, 0.15) is 6.42 Å². The largest absolute Gasteiger partial charge is 0.392 e. The average Bonchev–Trinajstić information content (AvgIpc) is 2.26. The number of anilines is 1. The summed E-state index contributed by atoms with van der Waals surface area (Å²) in [4.78, 5) is -0.0781. The number of rotatable bonds is 2. The highest BCUT2D eigenvalue weighted by atomic mass is 32.2. The minimum absolute atomic E-state index is 0.0781. The summed E-state index contributed by atoms with van der Waals surface area (Å²) in [5, 5.41) is 14.3. The second-order valence-corrected chi connectivity index (χ2v) is 7.83. The molecule has 1 aromatic carbocycles. The Hall–Kier alpha value is -1.16. The van der Waals surface area contributed by atoms with E-state index in [4.69, 9.17) is 5.14 Å². The van der Waals surface area contributed by atoms with Gasteiger partial charge < -0.3 is 5.11 Å². The van der Waals surface area contributed by atoms with Crippen LogP contribution in [0.4, 0.5) is 5.69 Å². The first-order chi connectivity index (χ1) is 8.70. The highest BCUT2D eigenvalue weighted by molar-refractivity contribution is 7.92. The molecule has 1 aliphatic heterocycles. The van der Waals surface area contributed by atoms with Crippen molar-refractivity contribution in [1.82, 2.24) is 0 Å². The van der Waals surface area contributed by atoms with E-state index >= 15 is 0 Å². The molecule has 0 bridgehead atoms. The maximum absolute atomic E-state index is 11.9. The highest BCUT2D eigenvalue weighted by Gasteiger charge is 2.31. The van der Waals surface area contributed by atoms with Crippen LogP contribution < -0.4 is 9.44 Å². The van der Waals surface area contributed by atoms with E-state index in [0.29, 0.717) is 12.1 Å². The summed E-state index contributed by atoms with van der Waals surface area (Å²) in [6.45, 7) is 0.165. The summed E-state index contributed by atoms with van der Waals surface area (Å²) in [6, 6.07) is 5.28. The summed E-state index contributed by atoms with van der Waals surface area (Å²) in [5.41, 5.74) is 0.360. The third kappa shape index (κ3) is 3.06. The first-order valence-corrected chi connectivity index (χ1v) is 8.67. The third-order valence-corrected chi connectivity index (χ3v) is 5.66. The lowest BCUT2D eigenvalue weighted by Gasteiger charge is -2.30. The van der Waals surface area contributed by atoms with Gasteiger partial charge in [0, 0.05) is 6.54 Å². The lowest BCUT2D eigenvalue weighted by atomic mass is 10.2. The minimum Gasteiger partial charge on any atom is -0.392 e. The molecule has 0 spiro atoms. The maximum Gasteiger partial charge on any atom is 0.238 e. The molecule has 3 N–H and O–H groups in total. The SMILES string of the molecule is NS(=O)(=O)c1ccc(N2CCC(O)CS2(=O)=O)cc1. The standard InChI is InChI=1S/C10H14N2O5S2/c11-19(16,17)10-3-1-8(2-4-10)12-6-5-9(13)7-18(12,14)15/h1-4,9,13H,5-7H2,(H2,11,16,17). The van der Waals surface area contributed by atoms with Crippen molar-refractivity contribution in [2.45, 2.75) is 17.4 Å². The number of nitrogens with zero attached hydrogens (tertiary/aromatic N) is 1. The number of sulfonamides is 2. The number of aliphatic hydroxyl groups is 1. The van der Waals surface area contributed by atoms with Gasteiger partial charge in [-0.3, -0.25) is 4.31 Å². The lowest BCUT2D eigenvalue weighted by Crippen LogP contribution is -2.44. The summed E-state index contributed by atoms with van der Waals surface area (Å²) >= 11 is 0. The first kappa shape index (κ1) is 14.3. The molecule has 1 unspecified atom stereocenters. The fourth-order valence-electron chi connectivity index (χ4n) is 1.91. The van der Waals surface area contributed by atoms with Crippen molar-refractivity contribution in [2.75, 3.05) is 16.6 Å². The zero-order chi connectivity index (χ0) is 14.3. The molecule has 1 aromatic rings. The molecule has 1 heterocycles. The number of nitrogens with two attached hydrogens (primary N) is 1. The normalized spacial score (nSPS) is 23.3. The van der Waals surface area contributed by atoms with Crippen LogP contribution in [-0.2, 0) is 20.0 Å². The minimum atomic E-state index is -3.80.